The zero-order chi connectivity index (χ0) is 14.5. The maximum atomic E-state index is 12.1. The van der Waals surface area contributed by atoms with E-state index in [9.17, 15) is 9.59 Å². The molecule has 0 spiro atoms. The van der Waals surface area contributed by atoms with E-state index in [0.29, 0.717) is 18.5 Å². The average Bonchev–Trinajstić information content (AvgIpc) is 2.64. The third-order valence-corrected chi connectivity index (χ3v) is 3.31. The summed E-state index contributed by atoms with van der Waals surface area (Å²) in [7, 11) is 3.77. The molecule has 6 nitrogen and oxygen atoms in total. The van der Waals surface area contributed by atoms with Crippen LogP contribution < -0.4 is 15.5 Å². The van der Waals surface area contributed by atoms with E-state index in [1.165, 1.54) is 6.20 Å². The molecule has 2 amide bonds. The van der Waals surface area contributed by atoms with Crippen LogP contribution in [0.1, 0.15) is 29.6 Å². The Bertz CT molecular complexity index is 484. The van der Waals surface area contributed by atoms with Crippen LogP contribution in [0.4, 0.5) is 5.82 Å². The van der Waals surface area contributed by atoms with Gasteiger partial charge in [0, 0.05) is 26.8 Å². The number of aromatic nitrogens is 1. The van der Waals surface area contributed by atoms with Crippen molar-refractivity contribution in [3.63, 3.8) is 0 Å². The van der Waals surface area contributed by atoms with Gasteiger partial charge in [0.15, 0.2) is 0 Å². The zero-order valence-electron chi connectivity index (χ0n) is 11.8. The summed E-state index contributed by atoms with van der Waals surface area (Å²) in [6.45, 7) is 0.685. The highest BCUT2D eigenvalue weighted by Crippen LogP contribution is 2.10. The van der Waals surface area contributed by atoms with Gasteiger partial charge in [-0.1, -0.05) is 0 Å². The lowest BCUT2D eigenvalue weighted by atomic mass is 10.1. The van der Waals surface area contributed by atoms with Crippen molar-refractivity contribution in [2.75, 3.05) is 25.5 Å². The minimum absolute atomic E-state index is 0.103. The van der Waals surface area contributed by atoms with E-state index < -0.39 is 6.04 Å². The van der Waals surface area contributed by atoms with Gasteiger partial charge in [-0.2, -0.15) is 0 Å². The van der Waals surface area contributed by atoms with Gasteiger partial charge in [-0.25, -0.2) is 4.98 Å². The molecule has 0 aromatic carbocycles. The first-order valence-corrected chi connectivity index (χ1v) is 6.80. The van der Waals surface area contributed by atoms with E-state index in [1.807, 2.05) is 19.0 Å². The second-order valence-electron chi connectivity index (χ2n) is 5.11. The number of rotatable bonds is 3. The average molecular weight is 276 g/mol. The summed E-state index contributed by atoms with van der Waals surface area (Å²) in [5.41, 5.74) is 0.465. The molecule has 1 fully saturated rings. The third kappa shape index (κ3) is 3.46. The van der Waals surface area contributed by atoms with Crippen LogP contribution in [-0.2, 0) is 4.79 Å². The first kappa shape index (κ1) is 14.3. The van der Waals surface area contributed by atoms with Crippen molar-refractivity contribution in [3.8, 4) is 0 Å². The minimum Gasteiger partial charge on any atom is -0.363 e. The highest BCUT2D eigenvalue weighted by molar-refractivity contribution is 5.97. The Balaban J connectivity index is 2.01. The van der Waals surface area contributed by atoms with E-state index in [2.05, 4.69) is 15.6 Å². The number of nitrogens with one attached hydrogen (secondary N) is 2. The van der Waals surface area contributed by atoms with Crippen LogP contribution in [-0.4, -0.2) is 43.5 Å². The van der Waals surface area contributed by atoms with Crippen LogP contribution in [0.25, 0.3) is 0 Å². The first-order valence-electron chi connectivity index (χ1n) is 6.80. The number of pyridine rings is 1. The number of carbonyl (C=O) groups is 2. The van der Waals surface area contributed by atoms with Gasteiger partial charge in [-0.3, -0.25) is 9.59 Å². The van der Waals surface area contributed by atoms with Crippen molar-refractivity contribution in [3.05, 3.63) is 23.9 Å². The molecule has 2 rings (SSSR count). The normalized spacial score (nSPS) is 18.9. The summed E-state index contributed by atoms with van der Waals surface area (Å²) in [5, 5.41) is 5.57. The lowest BCUT2D eigenvalue weighted by molar-refractivity contribution is -0.122. The van der Waals surface area contributed by atoms with Crippen LogP contribution in [0.2, 0.25) is 0 Å². The van der Waals surface area contributed by atoms with Crippen LogP contribution in [0.3, 0.4) is 0 Å². The molecule has 6 heteroatoms. The third-order valence-electron chi connectivity index (χ3n) is 3.31. The summed E-state index contributed by atoms with van der Waals surface area (Å²) in [6.07, 6.45) is 4.10. The van der Waals surface area contributed by atoms with E-state index in [-0.39, 0.29) is 11.8 Å². The van der Waals surface area contributed by atoms with Crippen LogP contribution in [0.5, 0.6) is 0 Å². The molecular formula is C14H20N4O2. The Hall–Kier alpha value is -2.11. The molecule has 1 aliphatic rings. The highest BCUT2D eigenvalue weighted by Gasteiger charge is 2.22. The summed E-state index contributed by atoms with van der Waals surface area (Å²) >= 11 is 0. The molecule has 1 saturated heterocycles. The number of anilines is 1. The summed E-state index contributed by atoms with van der Waals surface area (Å²) < 4.78 is 0. The Morgan fingerprint density at radius 3 is 2.85 bits per heavy atom. The van der Waals surface area contributed by atoms with Gasteiger partial charge in [0.1, 0.15) is 11.9 Å². The number of nitrogens with zero attached hydrogens (tertiary/aromatic N) is 2. The van der Waals surface area contributed by atoms with Crippen molar-refractivity contribution in [1.82, 2.24) is 15.6 Å². The highest BCUT2D eigenvalue weighted by atomic mass is 16.2. The predicted octanol–water partition coefficient (Wildman–Crippen LogP) is 0.546. The van der Waals surface area contributed by atoms with Crippen LogP contribution in [0, 0.1) is 0 Å². The second-order valence-corrected chi connectivity index (χ2v) is 5.11. The monoisotopic (exact) mass is 276 g/mol. The topological polar surface area (TPSA) is 74.3 Å². The maximum absolute atomic E-state index is 12.1. The van der Waals surface area contributed by atoms with E-state index >= 15 is 0 Å². The Morgan fingerprint density at radius 2 is 2.20 bits per heavy atom. The lowest BCUT2D eigenvalue weighted by Crippen LogP contribution is -2.45. The molecule has 0 radical (unpaired) electrons. The molecule has 20 heavy (non-hydrogen) atoms. The standard InChI is InChI=1S/C14H20N4O2/c1-18(2)12-7-6-10(9-16-12)13(19)17-11-5-3-4-8-15-14(11)20/h6-7,9,11H,3-5,8H2,1-2H3,(H,15,20)(H,17,19)/t11-/m1/s1. The quantitative estimate of drug-likeness (QED) is 0.845. The number of amides is 2. The Morgan fingerprint density at radius 1 is 1.40 bits per heavy atom. The molecule has 2 heterocycles. The summed E-state index contributed by atoms with van der Waals surface area (Å²) in [4.78, 5) is 29.9. The molecule has 1 aromatic rings. The van der Waals surface area contributed by atoms with Gasteiger partial charge >= 0.3 is 0 Å². The van der Waals surface area contributed by atoms with Crippen molar-refractivity contribution >= 4 is 17.6 Å². The number of hydrogen-bond acceptors (Lipinski definition) is 4. The minimum atomic E-state index is -0.446. The fourth-order valence-corrected chi connectivity index (χ4v) is 2.10. The van der Waals surface area contributed by atoms with E-state index in [0.717, 1.165) is 18.7 Å². The largest absolute Gasteiger partial charge is 0.363 e. The van der Waals surface area contributed by atoms with Gasteiger partial charge in [0.05, 0.1) is 5.56 Å². The molecule has 1 atom stereocenters. The van der Waals surface area contributed by atoms with Crippen LogP contribution in [0.15, 0.2) is 18.3 Å². The Kier molecular flexibility index (Phi) is 4.55. The van der Waals surface area contributed by atoms with Crippen molar-refractivity contribution < 1.29 is 9.59 Å². The molecule has 0 saturated carbocycles. The molecule has 1 aliphatic heterocycles. The number of carbonyl (C=O) groups excluding carboxylic acids is 2. The molecule has 1 aromatic heterocycles. The smallest absolute Gasteiger partial charge is 0.253 e. The fourth-order valence-electron chi connectivity index (χ4n) is 2.10. The Labute approximate surface area is 118 Å². The summed E-state index contributed by atoms with van der Waals surface area (Å²) in [6, 6.07) is 3.05. The van der Waals surface area contributed by atoms with Gasteiger partial charge < -0.3 is 15.5 Å². The van der Waals surface area contributed by atoms with Crippen molar-refractivity contribution in [2.45, 2.75) is 25.3 Å². The van der Waals surface area contributed by atoms with Gasteiger partial charge in [-0.05, 0) is 31.4 Å². The molecule has 0 aliphatic carbocycles. The SMILES string of the molecule is CN(C)c1ccc(C(=O)N[C@@H]2CCCCNC2=O)cn1. The zero-order valence-corrected chi connectivity index (χ0v) is 11.8. The second kappa shape index (κ2) is 6.36. The van der Waals surface area contributed by atoms with E-state index in [1.54, 1.807) is 12.1 Å². The van der Waals surface area contributed by atoms with Gasteiger partial charge in [-0.15, -0.1) is 0 Å². The van der Waals surface area contributed by atoms with Crippen LogP contribution >= 0.6 is 0 Å². The maximum Gasteiger partial charge on any atom is 0.253 e. The molecular weight excluding hydrogens is 256 g/mol. The van der Waals surface area contributed by atoms with Gasteiger partial charge in [0.25, 0.3) is 5.91 Å². The number of hydrogen-bond donors (Lipinski definition) is 2. The first-order chi connectivity index (χ1) is 9.58. The molecule has 0 unspecified atom stereocenters. The molecule has 108 valence electrons. The molecule has 2 N–H and O–H groups in total. The van der Waals surface area contributed by atoms with Crippen molar-refractivity contribution in [1.29, 1.82) is 0 Å². The van der Waals surface area contributed by atoms with Gasteiger partial charge in [0.2, 0.25) is 5.91 Å². The molecule has 0 bridgehead atoms. The van der Waals surface area contributed by atoms with Crippen molar-refractivity contribution in [2.24, 2.45) is 0 Å². The van der Waals surface area contributed by atoms with E-state index in [4.69, 9.17) is 0 Å². The lowest BCUT2D eigenvalue weighted by Gasteiger charge is -2.15. The fraction of sp³-hybridized carbons (Fsp3) is 0.500. The summed E-state index contributed by atoms with van der Waals surface area (Å²) in [5.74, 6) is 0.423. The predicted molar refractivity (Wildman–Crippen MR) is 76.7 cm³/mol.